The van der Waals surface area contributed by atoms with Crippen LogP contribution in [0, 0.1) is 17.1 Å². The molecule has 0 spiro atoms. The van der Waals surface area contributed by atoms with Gasteiger partial charge in [0.2, 0.25) is 10.0 Å². The van der Waals surface area contributed by atoms with Crippen molar-refractivity contribution >= 4 is 21.6 Å². The summed E-state index contributed by atoms with van der Waals surface area (Å²) in [6, 6.07) is 3.48. The molecule has 0 fully saturated rings. The third kappa shape index (κ3) is 4.55. The summed E-state index contributed by atoms with van der Waals surface area (Å²) in [6.07, 6.45) is -2.83. The van der Waals surface area contributed by atoms with Crippen molar-refractivity contribution in [1.29, 1.82) is 5.26 Å². The zero-order valence-corrected chi connectivity index (χ0v) is 16.6. The molecule has 31 heavy (non-hydrogen) atoms. The quantitative estimate of drug-likeness (QED) is 0.638. The van der Waals surface area contributed by atoms with Gasteiger partial charge in [-0.25, -0.2) is 17.5 Å². The van der Waals surface area contributed by atoms with Gasteiger partial charge in [-0.2, -0.15) is 14.0 Å². The zero-order valence-electron chi connectivity index (χ0n) is 15.8. The van der Waals surface area contributed by atoms with E-state index >= 15 is 0 Å². The van der Waals surface area contributed by atoms with Gasteiger partial charge in [0.15, 0.2) is 11.4 Å². The molecular formula is C18H15F3N4O5S. The number of rotatable bonds is 4. The molecule has 1 amide bonds. The number of aromatic nitrogens is 1. The molecule has 1 aromatic heterocycles. The minimum Gasteiger partial charge on any atom is -0.488 e. The zero-order chi connectivity index (χ0) is 22.9. The molecular weight excluding hydrogens is 441 g/mol. The van der Waals surface area contributed by atoms with Crippen molar-refractivity contribution in [3.8, 4) is 11.8 Å². The molecule has 1 aromatic carbocycles. The lowest BCUT2D eigenvalue weighted by Gasteiger charge is -2.18. The van der Waals surface area contributed by atoms with Crippen LogP contribution in [0.5, 0.6) is 5.75 Å². The highest BCUT2D eigenvalue weighted by atomic mass is 32.2. The largest absolute Gasteiger partial charge is 0.488 e. The molecule has 2 aromatic rings. The van der Waals surface area contributed by atoms with Gasteiger partial charge in [-0.15, -0.1) is 0 Å². The second kappa shape index (κ2) is 8.42. The van der Waals surface area contributed by atoms with Gasteiger partial charge < -0.3 is 19.7 Å². The molecule has 164 valence electrons. The maximum atomic E-state index is 13.5. The fourth-order valence-electron chi connectivity index (χ4n) is 2.93. The van der Waals surface area contributed by atoms with Crippen LogP contribution in [-0.4, -0.2) is 42.8 Å². The second-order valence-corrected chi connectivity index (χ2v) is 8.21. The third-order valence-corrected chi connectivity index (χ3v) is 5.86. The highest BCUT2D eigenvalue weighted by Crippen LogP contribution is 2.33. The number of sulfonamides is 1. The number of carbonyl (C=O) groups excluding carboxylic acids is 1. The van der Waals surface area contributed by atoms with Gasteiger partial charge >= 0.3 is 0 Å². The van der Waals surface area contributed by atoms with Crippen molar-refractivity contribution in [1.82, 2.24) is 9.29 Å². The number of nitriles is 1. The molecule has 0 bridgehead atoms. The topological polar surface area (TPSA) is 133 Å². The maximum Gasteiger partial charge on any atom is 0.276 e. The average molecular weight is 456 g/mol. The molecule has 13 heteroatoms. The first-order chi connectivity index (χ1) is 14.5. The molecule has 0 aliphatic carbocycles. The van der Waals surface area contributed by atoms with Crippen LogP contribution in [0.4, 0.5) is 18.9 Å². The molecule has 2 atom stereocenters. The van der Waals surface area contributed by atoms with Crippen LogP contribution >= 0.6 is 0 Å². The van der Waals surface area contributed by atoms with Gasteiger partial charge in [0, 0.05) is 25.0 Å². The van der Waals surface area contributed by atoms with E-state index in [2.05, 4.69) is 10.0 Å². The Hall–Kier alpha value is -3.34. The van der Waals surface area contributed by atoms with Crippen molar-refractivity contribution in [2.75, 3.05) is 11.9 Å². The lowest BCUT2D eigenvalue weighted by molar-refractivity contribution is 0.101. The number of aryl methyl sites for hydroxylation is 1. The predicted molar refractivity (Wildman–Crippen MR) is 100 cm³/mol. The number of fused-ring (bicyclic) bond motifs is 1. The monoisotopic (exact) mass is 456 g/mol. The van der Waals surface area contributed by atoms with Crippen molar-refractivity contribution in [3.05, 3.63) is 53.6 Å². The predicted octanol–water partition coefficient (Wildman–Crippen LogP) is 1.47. The van der Waals surface area contributed by atoms with Crippen molar-refractivity contribution in [2.24, 2.45) is 7.05 Å². The Balaban J connectivity index is 1.95. The first-order valence-electron chi connectivity index (χ1n) is 8.60. The van der Waals surface area contributed by atoms with E-state index in [0.29, 0.717) is 0 Å². The number of nitrogens with zero attached hydrogens (tertiary/aromatic N) is 2. The maximum absolute atomic E-state index is 13.5. The molecule has 9 nitrogen and oxygen atoms in total. The summed E-state index contributed by atoms with van der Waals surface area (Å²) < 4.78 is 72.2. The number of hydrogen-bond donors (Lipinski definition) is 3. The lowest BCUT2D eigenvalue weighted by atomic mass is 10.2. The molecule has 0 radical (unpaired) electrons. The summed E-state index contributed by atoms with van der Waals surface area (Å²) in [5.41, 5.74) is -0.466. The highest BCUT2D eigenvalue weighted by molar-refractivity contribution is 7.89. The highest BCUT2D eigenvalue weighted by Gasteiger charge is 2.36. The fraction of sp³-hybridized carbons (Fsp3) is 0.222. The van der Waals surface area contributed by atoms with E-state index in [1.807, 2.05) is 0 Å². The number of amides is 1. The van der Waals surface area contributed by atoms with Gasteiger partial charge in [0.1, 0.15) is 23.4 Å². The van der Waals surface area contributed by atoms with Crippen LogP contribution in [0.3, 0.4) is 0 Å². The first kappa shape index (κ1) is 22.3. The summed E-state index contributed by atoms with van der Waals surface area (Å²) in [5.74, 6) is -1.96. The van der Waals surface area contributed by atoms with E-state index in [9.17, 15) is 31.5 Å². The number of nitrogens with one attached hydrogen (secondary N) is 2. The van der Waals surface area contributed by atoms with E-state index < -0.39 is 51.5 Å². The third-order valence-electron chi connectivity index (χ3n) is 4.37. The Kier molecular flexibility index (Phi) is 6.07. The van der Waals surface area contributed by atoms with Crippen LogP contribution < -0.4 is 14.8 Å². The average Bonchev–Trinajstić information content (AvgIpc) is 2.96. The Morgan fingerprint density at radius 3 is 2.84 bits per heavy atom. The van der Waals surface area contributed by atoms with Gasteiger partial charge in [-0.1, -0.05) is 0 Å². The van der Waals surface area contributed by atoms with Crippen molar-refractivity contribution < 1.29 is 36.2 Å². The summed E-state index contributed by atoms with van der Waals surface area (Å²) >= 11 is 0. The fourth-order valence-corrected chi connectivity index (χ4v) is 4.36. The first-order valence-corrected chi connectivity index (χ1v) is 10.1. The summed E-state index contributed by atoms with van der Waals surface area (Å²) in [4.78, 5) is 12.3. The van der Waals surface area contributed by atoms with Crippen LogP contribution in [0.15, 0.2) is 41.4 Å². The number of carbonyl (C=O) groups is 1. The smallest absolute Gasteiger partial charge is 0.276 e. The van der Waals surface area contributed by atoms with Crippen molar-refractivity contribution in [3.63, 3.8) is 0 Å². The molecule has 0 saturated carbocycles. The standard InChI is InChI=1S/C18H15F3N4O5S/c1-25-7-14-17(30-8-12(24-31(14,28)29)13(26)5-15(20)21)16(25)18(27)23-10-2-3-11(19)9(4-10)6-22/h2-5,7,12-13,24,26H,8H2,1H3,(H,23,27)/t12-,13-/m0/s1. The van der Waals surface area contributed by atoms with Crippen molar-refractivity contribution in [2.45, 2.75) is 17.0 Å². The Labute approximate surface area is 174 Å². The Morgan fingerprint density at radius 1 is 1.48 bits per heavy atom. The van der Waals surface area contributed by atoms with E-state index in [1.54, 1.807) is 6.07 Å². The van der Waals surface area contributed by atoms with Gasteiger partial charge in [0.05, 0.1) is 17.7 Å². The number of aliphatic hydroxyl groups excluding tert-OH is 1. The van der Waals surface area contributed by atoms with E-state index in [-0.39, 0.29) is 28.8 Å². The van der Waals surface area contributed by atoms with Crippen LogP contribution in [-0.2, 0) is 17.1 Å². The van der Waals surface area contributed by atoms with E-state index in [0.717, 1.165) is 18.3 Å². The summed E-state index contributed by atoms with van der Waals surface area (Å²) in [5, 5.41) is 21.1. The van der Waals surface area contributed by atoms with Gasteiger partial charge in [-0.05, 0) is 18.2 Å². The number of aliphatic hydroxyl groups is 1. The Morgan fingerprint density at radius 2 is 2.19 bits per heavy atom. The van der Waals surface area contributed by atoms with Crippen LogP contribution in [0.2, 0.25) is 0 Å². The Bertz CT molecular complexity index is 1220. The normalized spacial score (nSPS) is 18.0. The molecule has 0 unspecified atom stereocenters. The minimum atomic E-state index is -4.34. The number of anilines is 1. The van der Waals surface area contributed by atoms with E-state index in [4.69, 9.17) is 10.00 Å². The van der Waals surface area contributed by atoms with Gasteiger partial charge in [0.25, 0.3) is 12.0 Å². The summed E-state index contributed by atoms with van der Waals surface area (Å²) in [6.45, 7) is -0.545. The number of hydrogen-bond acceptors (Lipinski definition) is 6. The van der Waals surface area contributed by atoms with Gasteiger partial charge in [-0.3, -0.25) is 4.79 Å². The lowest BCUT2D eigenvalue weighted by Crippen LogP contribution is -2.44. The molecule has 3 rings (SSSR count). The minimum absolute atomic E-state index is 0.0735. The molecule has 0 saturated heterocycles. The molecule has 1 aliphatic rings. The second-order valence-electron chi connectivity index (χ2n) is 6.53. The molecule has 2 heterocycles. The molecule has 3 N–H and O–H groups in total. The number of benzene rings is 1. The van der Waals surface area contributed by atoms with Crippen LogP contribution in [0.1, 0.15) is 16.1 Å². The number of ether oxygens (including phenoxy) is 1. The molecule has 1 aliphatic heterocycles. The number of halogens is 3. The van der Waals surface area contributed by atoms with E-state index in [1.165, 1.54) is 17.7 Å². The summed E-state index contributed by atoms with van der Waals surface area (Å²) in [7, 11) is -2.96. The SMILES string of the molecule is Cn1cc2c(c1C(=O)Nc1ccc(F)c(C#N)c1)OC[C@@H]([C@@H](O)C=C(F)F)NS2(=O)=O. The van der Waals surface area contributed by atoms with Crippen LogP contribution in [0.25, 0.3) is 0 Å².